The van der Waals surface area contributed by atoms with Crippen LogP contribution in [0.5, 0.6) is 5.75 Å². The Kier molecular flexibility index (Phi) is 6.23. The molecule has 1 amide bonds. The Morgan fingerprint density at radius 1 is 1.04 bits per heavy atom. The van der Waals surface area contributed by atoms with E-state index in [-0.39, 0.29) is 5.75 Å². The summed E-state index contributed by atoms with van der Waals surface area (Å²) in [5, 5.41) is 19.3. The van der Waals surface area contributed by atoms with Crippen LogP contribution in [0.15, 0.2) is 44.2 Å². The molecule has 1 aromatic heterocycles. The zero-order valence-electron chi connectivity index (χ0n) is 14.4. The van der Waals surface area contributed by atoms with Crippen LogP contribution in [-0.4, -0.2) is 56.9 Å². The average Bonchev–Trinajstić information content (AvgIpc) is 2.65. The number of benzene rings is 1. The Morgan fingerprint density at radius 2 is 1.74 bits per heavy atom. The van der Waals surface area contributed by atoms with Crippen LogP contribution in [0.25, 0.3) is 0 Å². The lowest BCUT2D eigenvalue weighted by Gasteiger charge is -2.33. The Bertz CT molecular complexity index is 908. The van der Waals surface area contributed by atoms with Crippen molar-refractivity contribution in [1.29, 1.82) is 0 Å². The summed E-state index contributed by atoms with van der Waals surface area (Å²) in [6, 6.07) is 7.47. The van der Waals surface area contributed by atoms with Crippen molar-refractivity contribution in [3.8, 4) is 5.75 Å². The van der Waals surface area contributed by atoms with Crippen molar-refractivity contribution in [1.82, 2.24) is 14.4 Å². The lowest BCUT2D eigenvalue weighted by atomic mass is 10.2. The van der Waals surface area contributed by atoms with Crippen LogP contribution in [0.4, 0.5) is 4.79 Å². The molecule has 2 N–H and O–H groups in total. The Hall–Kier alpha value is -1.84. The number of carboxylic acid groups (broad SMARTS) is 1. The van der Waals surface area contributed by atoms with Crippen LogP contribution in [0.2, 0.25) is 0 Å². The molecule has 1 aromatic carbocycles. The van der Waals surface area contributed by atoms with Crippen LogP contribution in [-0.2, 0) is 13.1 Å². The molecule has 0 unspecified atom stereocenters. The zero-order valence-corrected chi connectivity index (χ0v) is 17.6. The smallest absolute Gasteiger partial charge is 0.407 e. The zero-order chi connectivity index (χ0) is 19.6. The molecule has 9 heteroatoms. The van der Waals surface area contributed by atoms with Crippen molar-refractivity contribution in [2.75, 3.05) is 26.2 Å². The average molecular weight is 501 g/mol. The molecule has 3 rings (SSSR count). The SMILES string of the molecule is O=C(O)N1CCN(Cc2ccn(Cc3ccc(Br)c(Br)c3)c(=O)c2O)CC1. The first-order valence-electron chi connectivity index (χ1n) is 8.40. The fourth-order valence-electron chi connectivity index (χ4n) is 3.02. The molecule has 7 nitrogen and oxygen atoms in total. The minimum absolute atomic E-state index is 0.255. The number of piperazine rings is 1. The summed E-state index contributed by atoms with van der Waals surface area (Å²) in [5.74, 6) is -0.255. The van der Waals surface area contributed by atoms with Gasteiger partial charge < -0.3 is 19.7 Å². The summed E-state index contributed by atoms with van der Waals surface area (Å²) in [7, 11) is 0. The molecule has 27 heavy (non-hydrogen) atoms. The third-order valence-electron chi connectivity index (χ3n) is 4.60. The van der Waals surface area contributed by atoms with Crippen molar-refractivity contribution >= 4 is 38.0 Å². The second-order valence-corrected chi connectivity index (χ2v) is 8.13. The number of aromatic hydroxyl groups is 1. The van der Waals surface area contributed by atoms with Gasteiger partial charge >= 0.3 is 6.09 Å². The van der Waals surface area contributed by atoms with Crippen molar-refractivity contribution in [2.24, 2.45) is 0 Å². The van der Waals surface area contributed by atoms with E-state index in [2.05, 4.69) is 31.9 Å². The summed E-state index contributed by atoms with van der Waals surface area (Å²) in [6.07, 6.45) is 0.764. The molecule has 0 atom stereocenters. The number of nitrogens with zero attached hydrogens (tertiary/aromatic N) is 3. The lowest BCUT2D eigenvalue weighted by Crippen LogP contribution is -2.47. The van der Waals surface area contributed by atoms with Crippen molar-refractivity contribution in [2.45, 2.75) is 13.1 Å². The molecule has 1 aliphatic rings. The topological polar surface area (TPSA) is 86.0 Å². The minimum atomic E-state index is -0.917. The summed E-state index contributed by atoms with van der Waals surface area (Å²) >= 11 is 6.86. The summed E-state index contributed by atoms with van der Waals surface area (Å²) in [4.78, 5) is 26.9. The monoisotopic (exact) mass is 499 g/mol. The fourth-order valence-corrected chi connectivity index (χ4v) is 3.70. The van der Waals surface area contributed by atoms with E-state index in [1.54, 1.807) is 12.3 Å². The van der Waals surface area contributed by atoms with E-state index in [0.29, 0.717) is 44.8 Å². The second-order valence-electron chi connectivity index (χ2n) is 6.42. The molecule has 0 aliphatic carbocycles. The van der Waals surface area contributed by atoms with Crippen molar-refractivity contribution in [3.05, 3.63) is 60.9 Å². The first-order valence-corrected chi connectivity index (χ1v) is 9.99. The van der Waals surface area contributed by atoms with Crippen LogP contribution in [0, 0.1) is 0 Å². The number of hydrogen-bond acceptors (Lipinski definition) is 4. The summed E-state index contributed by atoms with van der Waals surface area (Å²) < 4.78 is 3.30. The maximum absolute atomic E-state index is 12.5. The van der Waals surface area contributed by atoms with Crippen molar-refractivity contribution in [3.63, 3.8) is 0 Å². The molecule has 144 valence electrons. The van der Waals surface area contributed by atoms with Crippen molar-refractivity contribution < 1.29 is 15.0 Å². The van der Waals surface area contributed by atoms with Gasteiger partial charge in [0, 0.05) is 53.4 Å². The van der Waals surface area contributed by atoms with E-state index in [1.807, 2.05) is 23.1 Å². The lowest BCUT2D eigenvalue weighted by molar-refractivity contribution is 0.102. The molecule has 0 bridgehead atoms. The predicted octanol–water partition coefficient (Wildman–Crippen LogP) is 2.92. The first kappa shape index (κ1) is 19.9. The molecule has 0 spiro atoms. The molecule has 0 saturated carbocycles. The first-order chi connectivity index (χ1) is 12.8. The predicted molar refractivity (Wildman–Crippen MR) is 108 cm³/mol. The molecule has 2 aromatic rings. The molecule has 2 heterocycles. The van der Waals surface area contributed by atoms with Crippen LogP contribution >= 0.6 is 31.9 Å². The van der Waals surface area contributed by atoms with Gasteiger partial charge in [0.15, 0.2) is 5.75 Å². The third-order valence-corrected chi connectivity index (χ3v) is 6.48. The number of halogens is 2. The molecule has 1 aliphatic heterocycles. The quantitative estimate of drug-likeness (QED) is 0.674. The maximum atomic E-state index is 12.5. The highest BCUT2D eigenvalue weighted by molar-refractivity contribution is 9.13. The van der Waals surface area contributed by atoms with Crippen LogP contribution in [0.1, 0.15) is 11.1 Å². The normalized spacial score (nSPS) is 15.1. The highest BCUT2D eigenvalue weighted by atomic mass is 79.9. The van der Waals surface area contributed by atoms with E-state index >= 15 is 0 Å². The Morgan fingerprint density at radius 3 is 2.37 bits per heavy atom. The minimum Gasteiger partial charge on any atom is -0.503 e. The molecular weight excluding hydrogens is 482 g/mol. The van der Waals surface area contributed by atoms with E-state index in [1.165, 1.54) is 9.47 Å². The Labute approximate surface area is 173 Å². The number of pyridine rings is 1. The van der Waals surface area contributed by atoms with E-state index in [4.69, 9.17) is 5.11 Å². The second kappa shape index (κ2) is 8.45. The van der Waals surface area contributed by atoms with Gasteiger partial charge in [0.1, 0.15) is 0 Å². The molecule has 1 fully saturated rings. The van der Waals surface area contributed by atoms with Gasteiger partial charge in [-0.2, -0.15) is 0 Å². The van der Waals surface area contributed by atoms with E-state index in [0.717, 1.165) is 14.5 Å². The van der Waals surface area contributed by atoms with E-state index < -0.39 is 11.7 Å². The molecular formula is C18H19Br2N3O4. The number of aromatic nitrogens is 1. The summed E-state index contributed by atoms with van der Waals surface area (Å²) in [6.45, 7) is 2.76. The fraction of sp³-hybridized carbons (Fsp3) is 0.333. The van der Waals surface area contributed by atoms with Gasteiger partial charge in [0.2, 0.25) is 0 Å². The van der Waals surface area contributed by atoms with Gasteiger partial charge in [-0.15, -0.1) is 0 Å². The van der Waals surface area contributed by atoms with E-state index in [9.17, 15) is 14.7 Å². The maximum Gasteiger partial charge on any atom is 0.407 e. The van der Waals surface area contributed by atoms with Gasteiger partial charge in [-0.05, 0) is 55.6 Å². The number of rotatable bonds is 4. The van der Waals surface area contributed by atoms with Gasteiger partial charge in [-0.1, -0.05) is 6.07 Å². The van der Waals surface area contributed by atoms with Gasteiger partial charge in [-0.25, -0.2) is 4.79 Å². The largest absolute Gasteiger partial charge is 0.503 e. The van der Waals surface area contributed by atoms with Gasteiger partial charge in [0.05, 0.1) is 6.54 Å². The number of amides is 1. The standard InChI is InChI=1S/C18H19Br2N3O4/c19-14-2-1-12(9-15(14)20)10-23-4-3-13(16(24)17(23)25)11-21-5-7-22(8-6-21)18(26)27/h1-4,9,24H,5-8,10-11H2,(H,26,27). The third kappa shape index (κ3) is 4.72. The Balaban J connectivity index is 1.71. The number of hydrogen-bond donors (Lipinski definition) is 2. The van der Waals surface area contributed by atoms with Crippen LogP contribution in [0.3, 0.4) is 0 Å². The number of carbonyl (C=O) groups is 1. The highest BCUT2D eigenvalue weighted by Gasteiger charge is 2.21. The highest BCUT2D eigenvalue weighted by Crippen LogP contribution is 2.24. The van der Waals surface area contributed by atoms with Gasteiger partial charge in [0.25, 0.3) is 5.56 Å². The summed E-state index contributed by atoms with van der Waals surface area (Å²) in [5.41, 5.74) is 1.05. The molecule has 1 saturated heterocycles. The van der Waals surface area contributed by atoms with Gasteiger partial charge in [-0.3, -0.25) is 9.69 Å². The molecule has 0 radical (unpaired) electrons. The van der Waals surface area contributed by atoms with Crippen LogP contribution < -0.4 is 5.56 Å².